The van der Waals surface area contributed by atoms with Crippen molar-refractivity contribution in [1.29, 1.82) is 0 Å². The van der Waals surface area contributed by atoms with Gasteiger partial charge in [0.15, 0.2) is 0 Å². The van der Waals surface area contributed by atoms with Gasteiger partial charge in [0.2, 0.25) is 0 Å². The van der Waals surface area contributed by atoms with Crippen molar-refractivity contribution in [3.8, 4) is 0 Å². The number of nitrogens with zero attached hydrogens (tertiary/aromatic N) is 1. The van der Waals surface area contributed by atoms with E-state index in [0.717, 1.165) is 20.6 Å². The molecule has 0 fully saturated rings. The van der Waals surface area contributed by atoms with Gasteiger partial charge in [-0.15, -0.1) is 11.3 Å². The molecule has 2 rings (SSSR count). The van der Waals surface area contributed by atoms with Gasteiger partial charge in [-0.3, -0.25) is 0 Å². The predicted octanol–water partition coefficient (Wildman–Crippen LogP) is 2.94. The lowest BCUT2D eigenvalue weighted by Crippen LogP contribution is -2.02. The van der Waals surface area contributed by atoms with E-state index in [1.807, 2.05) is 29.1 Å². The van der Waals surface area contributed by atoms with Crippen molar-refractivity contribution in [2.45, 2.75) is 6.54 Å². The van der Waals surface area contributed by atoms with Gasteiger partial charge in [-0.2, -0.15) is 0 Å². The van der Waals surface area contributed by atoms with Crippen molar-refractivity contribution in [2.75, 3.05) is 11.1 Å². The number of nitrogen functional groups attached to an aromatic ring is 1. The number of rotatable bonds is 3. The Labute approximate surface area is 106 Å². The number of aromatic nitrogens is 1. The Morgan fingerprint density at radius 3 is 3.00 bits per heavy atom. The second kappa shape index (κ2) is 4.80. The lowest BCUT2D eigenvalue weighted by Gasteiger charge is -2.07. The maximum Gasteiger partial charge on any atom is 0.0795 e. The molecule has 0 spiro atoms. The summed E-state index contributed by atoms with van der Waals surface area (Å²) in [5, 5.41) is 5.28. The van der Waals surface area contributed by atoms with Gasteiger partial charge in [-0.25, -0.2) is 4.98 Å². The normalized spacial score (nSPS) is 10.2. The number of nitrogens with one attached hydrogen (secondary N) is 1. The molecule has 0 aliphatic rings. The van der Waals surface area contributed by atoms with Crippen molar-refractivity contribution < 1.29 is 0 Å². The number of halogens is 1. The van der Waals surface area contributed by atoms with Gasteiger partial charge >= 0.3 is 0 Å². The van der Waals surface area contributed by atoms with Crippen molar-refractivity contribution in [2.24, 2.45) is 0 Å². The van der Waals surface area contributed by atoms with Crippen LogP contribution in [0.15, 0.2) is 29.1 Å². The van der Waals surface area contributed by atoms with Gasteiger partial charge in [-0.05, 0) is 40.8 Å². The van der Waals surface area contributed by atoms with Crippen LogP contribution in [-0.4, -0.2) is 4.98 Å². The molecular weight excluding hydrogens is 321 g/mol. The molecule has 0 aliphatic heterocycles. The van der Waals surface area contributed by atoms with E-state index < -0.39 is 0 Å². The zero-order valence-corrected chi connectivity index (χ0v) is 10.9. The third-order valence-electron chi connectivity index (χ3n) is 1.96. The Morgan fingerprint density at radius 1 is 1.47 bits per heavy atom. The highest BCUT2D eigenvalue weighted by atomic mass is 127. The minimum absolute atomic E-state index is 0.717. The number of benzene rings is 1. The SMILES string of the molecule is Nc1cc(I)ccc1NCc1cscn1. The molecule has 2 aromatic rings. The van der Waals surface area contributed by atoms with Crippen LogP contribution in [0.5, 0.6) is 0 Å². The number of anilines is 2. The Balaban J connectivity index is 2.05. The third kappa shape index (κ3) is 2.82. The van der Waals surface area contributed by atoms with Crippen LogP contribution in [0.3, 0.4) is 0 Å². The fourth-order valence-corrected chi connectivity index (χ4v) is 2.28. The van der Waals surface area contributed by atoms with E-state index in [1.54, 1.807) is 11.3 Å². The van der Waals surface area contributed by atoms with Crippen molar-refractivity contribution in [1.82, 2.24) is 4.98 Å². The van der Waals surface area contributed by atoms with Gasteiger partial charge in [0.05, 0.1) is 29.1 Å². The Kier molecular flexibility index (Phi) is 3.42. The number of hydrogen-bond donors (Lipinski definition) is 2. The Hall–Kier alpha value is -0.820. The topological polar surface area (TPSA) is 50.9 Å². The lowest BCUT2D eigenvalue weighted by atomic mass is 10.2. The molecule has 0 bridgehead atoms. The lowest BCUT2D eigenvalue weighted by molar-refractivity contribution is 1.07. The number of thiazole rings is 1. The highest BCUT2D eigenvalue weighted by Gasteiger charge is 2.00. The summed E-state index contributed by atoms with van der Waals surface area (Å²) >= 11 is 3.84. The van der Waals surface area contributed by atoms with Crippen LogP contribution in [0.25, 0.3) is 0 Å². The maximum atomic E-state index is 5.88. The quantitative estimate of drug-likeness (QED) is 0.672. The van der Waals surface area contributed by atoms with Crippen LogP contribution in [0.1, 0.15) is 5.69 Å². The molecule has 3 nitrogen and oxygen atoms in total. The summed E-state index contributed by atoms with van der Waals surface area (Å²) < 4.78 is 1.14. The van der Waals surface area contributed by atoms with E-state index >= 15 is 0 Å². The molecule has 1 aromatic heterocycles. The fourth-order valence-electron chi connectivity index (χ4n) is 1.21. The number of nitrogens with two attached hydrogens (primary N) is 1. The molecule has 0 saturated carbocycles. The van der Waals surface area contributed by atoms with E-state index in [0.29, 0.717) is 6.54 Å². The molecule has 3 N–H and O–H groups in total. The average molecular weight is 331 g/mol. The van der Waals surface area contributed by atoms with E-state index in [9.17, 15) is 0 Å². The summed E-state index contributed by atoms with van der Waals surface area (Å²) in [6.45, 7) is 0.717. The highest BCUT2D eigenvalue weighted by molar-refractivity contribution is 14.1. The van der Waals surface area contributed by atoms with Crippen molar-refractivity contribution in [3.63, 3.8) is 0 Å². The first-order chi connectivity index (χ1) is 7.25. The van der Waals surface area contributed by atoms with Crippen LogP contribution in [0, 0.1) is 3.57 Å². The van der Waals surface area contributed by atoms with Crippen LogP contribution in [0.2, 0.25) is 0 Å². The van der Waals surface area contributed by atoms with E-state index in [2.05, 4.69) is 32.9 Å². The van der Waals surface area contributed by atoms with Crippen LogP contribution < -0.4 is 11.1 Å². The van der Waals surface area contributed by atoms with Gasteiger partial charge in [0, 0.05) is 8.95 Å². The highest BCUT2D eigenvalue weighted by Crippen LogP contribution is 2.21. The summed E-state index contributed by atoms with van der Waals surface area (Å²) in [6, 6.07) is 5.97. The zero-order valence-electron chi connectivity index (χ0n) is 7.90. The molecule has 1 aromatic carbocycles. The first kappa shape index (κ1) is 10.7. The van der Waals surface area contributed by atoms with Crippen LogP contribution in [0.4, 0.5) is 11.4 Å². The van der Waals surface area contributed by atoms with Crippen molar-refractivity contribution >= 4 is 45.3 Å². The minimum atomic E-state index is 0.717. The summed E-state index contributed by atoms with van der Waals surface area (Å²) in [4.78, 5) is 4.19. The molecule has 0 atom stereocenters. The molecule has 15 heavy (non-hydrogen) atoms. The molecule has 0 saturated heterocycles. The van der Waals surface area contributed by atoms with Gasteiger partial charge in [0.1, 0.15) is 0 Å². The van der Waals surface area contributed by atoms with E-state index in [4.69, 9.17) is 5.73 Å². The first-order valence-electron chi connectivity index (χ1n) is 4.41. The van der Waals surface area contributed by atoms with Gasteiger partial charge in [-0.1, -0.05) is 0 Å². The largest absolute Gasteiger partial charge is 0.397 e. The molecule has 0 unspecified atom stereocenters. The predicted molar refractivity (Wildman–Crippen MR) is 73.0 cm³/mol. The summed E-state index contributed by atoms with van der Waals surface area (Å²) in [7, 11) is 0. The molecule has 0 amide bonds. The number of hydrogen-bond acceptors (Lipinski definition) is 4. The smallest absolute Gasteiger partial charge is 0.0795 e. The van der Waals surface area contributed by atoms with E-state index in [1.165, 1.54) is 0 Å². The second-order valence-corrected chi connectivity index (χ2v) is 5.03. The fraction of sp³-hybridized carbons (Fsp3) is 0.100. The van der Waals surface area contributed by atoms with E-state index in [-0.39, 0.29) is 0 Å². The Morgan fingerprint density at radius 2 is 2.33 bits per heavy atom. The summed E-state index contributed by atoms with van der Waals surface area (Å²) in [5.74, 6) is 0. The van der Waals surface area contributed by atoms with Gasteiger partial charge in [0.25, 0.3) is 0 Å². The molecule has 0 radical (unpaired) electrons. The first-order valence-corrected chi connectivity index (χ1v) is 6.44. The molecule has 78 valence electrons. The van der Waals surface area contributed by atoms with Crippen LogP contribution >= 0.6 is 33.9 Å². The Bertz CT molecular complexity index is 442. The van der Waals surface area contributed by atoms with Crippen molar-refractivity contribution in [3.05, 3.63) is 38.4 Å². The van der Waals surface area contributed by atoms with Gasteiger partial charge < -0.3 is 11.1 Å². The second-order valence-electron chi connectivity index (χ2n) is 3.06. The zero-order chi connectivity index (χ0) is 10.7. The standard InChI is InChI=1S/C10H10IN3S/c11-7-1-2-10(9(12)3-7)13-4-8-5-15-6-14-8/h1-3,5-6,13H,4,12H2. The molecule has 5 heteroatoms. The molecular formula is C10H10IN3S. The minimum Gasteiger partial charge on any atom is -0.397 e. The molecule has 0 aliphatic carbocycles. The average Bonchev–Trinajstić information content (AvgIpc) is 2.69. The van der Waals surface area contributed by atoms with Crippen LogP contribution in [-0.2, 0) is 6.54 Å². The third-order valence-corrected chi connectivity index (χ3v) is 3.26. The summed E-state index contributed by atoms with van der Waals surface area (Å²) in [6.07, 6.45) is 0. The summed E-state index contributed by atoms with van der Waals surface area (Å²) in [5.41, 5.74) is 10.5. The maximum absolute atomic E-state index is 5.88. The monoisotopic (exact) mass is 331 g/mol. The molecule has 1 heterocycles.